The molecule has 0 aromatic heterocycles. The molecule has 0 bridgehead atoms. The van der Waals surface area contributed by atoms with Gasteiger partial charge in [-0.05, 0) is 24.6 Å². The first-order valence-electron chi connectivity index (χ1n) is 5.64. The maximum atomic E-state index is 12.4. The number of hydrogen-bond acceptors (Lipinski definition) is 3. The van der Waals surface area contributed by atoms with Crippen LogP contribution >= 0.6 is 11.6 Å². The van der Waals surface area contributed by atoms with Gasteiger partial charge in [0.1, 0.15) is 0 Å². The van der Waals surface area contributed by atoms with Crippen LogP contribution in [0, 0.1) is 6.92 Å². The Balaban J connectivity index is 3.00. The lowest BCUT2D eigenvalue weighted by atomic mass is 10.2. The monoisotopic (exact) mass is 291 g/mol. The molecule has 1 aromatic carbocycles. The normalized spacial score (nSPS) is 12.0. The number of aryl methyl sites for hydroxylation is 1. The van der Waals surface area contributed by atoms with Crippen LogP contribution in [0.2, 0.25) is 0 Å². The zero-order valence-corrected chi connectivity index (χ0v) is 12.2. The molecule has 18 heavy (non-hydrogen) atoms. The van der Waals surface area contributed by atoms with E-state index in [1.165, 1.54) is 11.4 Å². The Labute approximate surface area is 114 Å². The number of rotatable bonds is 7. The van der Waals surface area contributed by atoms with E-state index >= 15 is 0 Å². The van der Waals surface area contributed by atoms with E-state index in [4.69, 9.17) is 16.3 Å². The molecule has 0 N–H and O–H groups in total. The van der Waals surface area contributed by atoms with Crippen LogP contribution in [0.1, 0.15) is 5.56 Å². The van der Waals surface area contributed by atoms with E-state index in [9.17, 15) is 8.42 Å². The van der Waals surface area contributed by atoms with E-state index in [2.05, 4.69) is 0 Å². The lowest BCUT2D eigenvalue weighted by Crippen LogP contribution is -2.35. The van der Waals surface area contributed by atoms with Crippen molar-refractivity contribution in [3.05, 3.63) is 29.8 Å². The third-order valence-electron chi connectivity index (χ3n) is 2.51. The summed E-state index contributed by atoms with van der Waals surface area (Å²) in [7, 11) is -1.95. The number of nitrogens with zero attached hydrogens (tertiary/aromatic N) is 1. The lowest BCUT2D eigenvalue weighted by molar-refractivity contribution is 0.180. The molecule has 6 heteroatoms. The van der Waals surface area contributed by atoms with Crippen molar-refractivity contribution in [1.82, 2.24) is 4.31 Å². The highest BCUT2D eigenvalue weighted by atomic mass is 35.5. The number of benzene rings is 1. The van der Waals surface area contributed by atoms with Crippen LogP contribution in [0.15, 0.2) is 29.2 Å². The fourth-order valence-electron chi connectivity index (χ4n) is 1.56. The minimum atomic E-state index is -3.49. The zero-order valence-electron chi connectivity index (χ0n) is 10.6. The lowest BCUT2D eigenvalue weighted by Gasteiger charge is -2.21. The summed E-state index contributed by atoms with van der Waals surface area (Å²) in [5, 5.41) is 0. The molecule has 0 aliphatic carbocycles. The van der Waals surface area contributed by atoms with Crippen LogP contribution in [-0.4, -0.2) is 45.4 Å². The van der Waals surface area contributed by atoms with Gasteiger partial charge in [-0.25, -0.2) is 8.42 Å². The highest BCUT2D eigenvalue weighted by molar-refractivity contribution is 7.89. The molecule has 1 aromatic rings. The van der Waals surface area contributed by atoms with Gasteiger partial charge >= 0.3 is 0 Å². The molecule has 0 aliphatic rings. The van der Waals surface area contributed by atoms with E-state index in [1.807, 2.05) is 13.0 Å². The summed E-state index contributed by atoms with van der Waals surface area (Å²) in [6.07, 6.45) is 0. The number of methoxy groups -OCH3 is 1. The molecule has 0 atom stereocenters. The fraction of sp³-hybridized carbons (Fsp3) is 0.500. The van der Waals surface area contributed by atoms with Gasteiger partial charge in [-0.1, -0.05) is 12.1 Å². The summed E-state index contributed by atoms with van der Waals surface area (Å²) in [5.41, 5.74) is 0.911. The molecule has 0 saturated heterocycles. The number of hydrogen-bond donors (Lipinski definition) is 0. The van der Waals surface area contributed by atoms with Crippen molar-refractivity contribution in [2.24, 2.45) is 0 Å². The average Bonchev–Trinajstić information content (AvgIpc) is 2.34. The minimum Gasteiger partial charge on any atom is -0.383 e. The van der Waals surface area contributed by atoms with Crippen molar-refractivity contribution in [2.75, 3.05) is 32.7 Å². The number of ether oxygens (including phenoxy) is 1. The maximum Gasteiger partial charge on any atom is 0.243 e. The molecule has 0 aliphatic heterocycles. The van der Waals surface area contributed by atoms with Gasteiger partial charge in [0.25, 0.3) is 0 Å². The summed E-state index contributed by atoms with van der Waals surface area (Å²) in [4.78, 5) is 0.295. The van der Waals surface area contributed by atoms with Gasteiger partial charge in [-0.3, -0.25) is 0 Å². The molecular weight excluding hydrogens is 274 g/mol. The van der Waals surface area contributed by atoms with E-state index < -0.39 is 10.0 Å². The number of sulfonamides is 1. The van der Waals surface area contributed by atoms with Crippen molar-refractivity contribution >= 4 is 21.6 Å². The maximum absolute atomic E-state index is 12.4. The quantitative estimate of drug-likeness (QED) is 0.721. The zero-order chi connectivity index (χ0) is 13.6. The topological polar surface area (TPSA) is 46.6 Å². The number of alkyl halides is 1. The Kier molecular flexibility index (Phi) is 6.08. The predicted octanol–water partition coefficient (Wildman–Crippen LogP) is 1.87. The molecular formula is C12H18ClNO3S. The first-order chi connectivity index (χ1) is 8.52. The van der Waals surface area contributed by atoms with Crippen molar-refractivity contribution < 1.29 is 13.2 Å². The van der Waals surface area contributed by atoms with E-state index in [0.717, 1.165) is 5.56 Å². The third-order valence-corrected chi connectivity index (χ3v) is 4.57. The second-order valence-electron chi connectivity index (χ2n) is 3.90. The summed E-state index contributed by atoms with van der Waals surface area (Å²) in [5.74, 6) is 0.259. The van der Waals surface area contributed by atoms with Crippen LogP contribution in [-0.2, 0) is 14.8 Å². The highest BCUT2D eigenvalue weighted by Crippen LogP contribution is 2.16. The summed E-state index contributed by atoms with van der Waals surface area (Å²) in [6, 6.07) is 6.84. The van der Waals surface area contributed by atoms with Gasteiger partial charge in [0, 0.05) is 26.1 Å². The fourth-order valence-corrected chi connectivity index (χ4v) is 3.40. The van der Waals surface area contributed by atoms with Crippen LogP contribution in [0.25, 0.3) is 0 Å². The Hall–Kier alpha value is -0.620. The molecule has 0 fully saturated rings. The van der Waals surface area contributed by atoms with Gasteiger partial charge < -0.3 is 4.74 Å². The van der Waals surface area contributed by atoms with Crippen molar-refractivity contribution in [3.8, 4) is 0 Å². The molecule has 102 valence electrons. The van der Waals surface area contributed by atoms with Gasteiger partial charge in [0.05, 0.1) is 11.5 Å². The number of halogens is 1. The van der Waals surface area contributed by atoms with Crippen molar-refractivity contribution in [2.45, 2.75) is 11.8 Å². The minimum absolute atomic E-state index is 0.259. The highest BCUT2D eigenvalue weighted by Gasteiger charge is 2.23. The second-order valence-corrected chi connectivity index (χ2v) is 6.22. The molecule has 0 saturated carbocycles. The van der Waals surface area contributed by atoms with E-state index in [-0.39, 0.29) is 12.4 Å². The molecule has 0 heterocycles. The standard InChI is InChI=1S/C12H18ClNO3S/c1-11-4-3-5-12(10-11)18(15,16)14(7-6-13)8-9-17-2/h3-5,10H,6-9H2,1-2H3. The van der Waals surface area contributed by atoms with Crippen LogP contribution in [0.5, 0.6) is 0 Å². The van der Waals surface area contributed by atoms with E-state index in [0.29, 0.717) is 18.0 Å². The molecule has 0 spiro atoms. The van der Waals surface area contributed by atoms with Gasteiger partial charge in [0.15, 0.2) is 0 Å². The van der Waals surface area contributed by atoms with Gasteiger partial charge in [0.2, 0.25) is 10.0 Å². The molecule has 0 amide bonds. The first kappa shape index (κ1) is 15.4. The predicted molar refractivity (Wildman–Crippen MR) is 72.5 cm³/mol. The summed E-state index contributed by atoms with van der Waals surface area (Å²) >= 11 is 5.65. The Morgan fingerprint density at radius 2 is 2.06 bits per heavy atom. The van der Waals surface area contributed by atoms with E-state index in [1.54, 1.807) is 18.2 Å². The largest absolute Gasteiger partial charge is 0.383 e. The molecule has 4 nitrogen and oxygen atoms in total. The Bertz CT molecular complexity index is 476. The first-order valence-corrected chi connectivity index (χ1v) is 7.61. The SMILES string of the molecule is COCCN(CCCl)S(=O)(=O)c1cccc(C)c1. The molecule has 0 unspecified atom stereocenters. The van der Waals surface area contributed by atoms with Crippen molar-refractivity contribution in [3.63, 3.8) is 0 Å². The Morgan fingerprint density at radius 3 is 2.61 bits per heavy atom. The smallest absolute Gasteiger partial charge is 0.243 e. The van der Waals surface area contributed by atoms with Crippen LogP contribution in [0.4, 0.5) is 0 Å². The molecule has 0 radical (unpaired) electrons. The van der Waals surface area contributed by atoms with Gasteiger partial charge in [-0.15, -0.1) is 11.6 Å². The van der Waals surface area contributed by atoms with Crippen molar-refractivity contribution in [1.29, 1.82) is 0 Å². The van der Waals surface area contributed by atoms with Crippen LogP contribution in [0.3, 0.4) is 0 Å². The third kappa shape index (κ3) is 3.95. The summed E-state index contributed by atoms with van der Waals surface area (Å²) < 4.78 is 31.1. The van der Waals surface area contributed by atoms with Gasteiger partial charge in [-0.2, -0.15) is 4.31 Å². The molecule has 1 rings (SSSR count). The Morgan fingerprint density at radius 1 is 1.33 bits per heavy atom. The summed E-state index contributed by atoms with van der Waals surface area (Å²) in [6.45, 7) is 2.79. The van der Waals surface area contributed by atoms with Crippen LogP contribution < -0.4 is 0 Å². The average molecular weight is 292 g/mol. The second kappa shape index (κ2) is 7.09.